The zero-order chi connectivity index (χ0) is 17.3. The van der Waals surface area contributed by atoms with Gasteiger partial charge in [0.2, 0.25) is 10.0 Å². The first-order valence-electron chi connectivity index (χ1n) is 8.13. The lowest BCUT2D eigenvalue weighted by molar-refractivity contribution is 0.0906. The Morgan fingerprint density at radius 3 is 2.88 bits per heavy atom. The molecule has 0 spiro atoms. The van der Waals surface area contributed by atoms with Crippen LogP contribution < -0.4 is 4.72 Å². The van der Waals surface area contributed by atoms with E-state index in [-0.39, 0.29) is 11.8 Å². The number of hydrogen-bond donors (Lipinski definition) is 2. The smallest absolute Gasteiger partial charge is 0.208 e. The molecule has 24 heavy (non-hydrogen) atoms. The Balaban J connectivity index is 1.73. The van der Waals surface area contributed by atoms with Crippen molar-refractivity contribution >= 4 is 26.7 Å². The van der Waals surface area contributed by atoms with Crippen molar-refractivity contribution in [3.63, 3.8) is 0 Å². The molecule has 1 aromatic heterocycles. The van der Waals surface area contributed by atoms with Crippen LogP contribution in [-0.2, 0) is 10.0 Å². The van der Waals surface area contributed by atoms with Crippen LogP contribution in [0.1, 0.15) is 28.9 Å². The fourth-order valence-electron chi connectivity index (χ4n) is 3.52. The summed E-state index contributed by atoms with van der Waals surface area (Å²) < 4.78 is 25.5. The molecule has 1 saturated heterocycles. The van der Waals surface area contributed by atoms with Crippen molar-refractivity contribution < 1.29 is 13.2 Å². The number of benzene rings is 1. The van der Waals surface area contributed by atoms with Gasteiger partial charge in [-0.15, -0.1) is 0 Å². The quantitative estimate of drug-likeness (QED) is 0.805. The monoisotopic (exact) mass is 349 g/mol. The predicted octanol–water partition coefficient (Wildman–Crippen LogP) is 1.67. The van der Waals surface area contributed by atoms with Crippen molar-refractivity contribution in [2.45, 2.75) is 25.8 Å². The first kappa shape index (κ1) is 17.1. The Bertz CT molecular complexity index is 857. The average molecular weight is 349 g/mol. The number of rotatable bonds is 5. The van der Waals surface area contributed by atoms with Gasteiger partial charge in [0.05, 0.1) is 12.8 Å². The molecular formula is C17H23N3O3S. The van der Waals surface area contributed by atoms with Gasteiger partial charge in [0.15, 0.2) is 5.78 Å². The van der Waals surface area contributed by atoms with Crippen LogP contribution in [0.4, 0.5) is 0 Å². The second-order valence-electron chi connectivity index (χ2n) is 6.56. The summed E-state index contributed by atoms with van der Waals surface area (Å²) in [5.74, 6) is 0.0740. The van der Waals surface area contributed by atoms with Gasteiger partial charge in [-0.3, -0.25) is 9.69 Å². The summed E-state index contributed by atoms with van der Waals surface area (Å²) in [4.78, 5) is 18.1. The third-order valence-electron chi connectivity index (χ3n) is 4.43. The molecule has 0 unspecified atom stereocenters. The van der Waals surface area contributed by atoms with Crippen LogP contribution in [0.3, 0.4) is 0 Å². The molecule has 1 aliphatic rings. The van der Waals surface area contributed by atoms with Crippen LogP contribution in [0.2, 0.25) is 0 Å². The minimum Gasteiger partial charge on any atom is -0.358 e. The van der Waals surface area contributed by atoms with Crippen molar-refractivity contribution in [3.8, 4) is 0 Å². The number of carbonyl (C=O) groups is 1. The van der Waals surface area contributed by atoms with Gasteiger partial charge in [-0.25, -0.2) is 13.1 Å². The van der Waals surface area contributed by atoms with Crippen molar-refractivity contribution in [2.24, 2.45) is 0 Å². The average Bonchev–Trinajstić information content (AvgIpc) is 2.81. The number of hydrogen-bond acceptors (Lipinski definition) is 4. The third kappa shape index (κ3) is 3.85. The molecule has 1 fully saturated rings. The number of aromatic amines is 1. The lowest BCUT2D eigenvalue weighted by Crippen LogP contribution is -2.48. The molecule has 2 N–H and O–H groups in total. The van der Waals surface area contributed by atoms with Crippen molar-refractivity contribution in [2.75, 3.05) is 25.9 Å². The van der Waals surface area contributed by atoms with E-state index in [4.69, 9.17) is 0 Å². The van der Waals surface area contributed by atoms with Crippen molar-refractivity contribution in [3.05, 3.63) is 35.5 Å². The van der Waals surface area contributed by atoms with Crippen molar-refractivity contribution in [1.82, 2.24) is 14.6 Å². The van der Waals surface area contributed by atoms with Gasteiger partial charge < -0.3 is 4.98 Å². The summed E-state index contributed by atoms with van der Waals surface area (Å²) in [5, 5.41) is 0.947. The maximum Gasteiger partial charge on any atom is 0.208 e. The van der Waals surface area contributed by atoms with Gasteiger partial charge in [-0.1, -0.05) is 18.2 Å². The highest BCUT2D eigenvalue weighted by Gasteiger charge is 2.25. The highest BCUT2D eigenvalue weighted by Crippen LogP contribution is 2.23. The van der Waals surface area contributed by atoms with E-state index in [0.29, 0.717) is 13.1 Å². The van der Waals surface area contributed by atoms with E-state index in [1.165, 1.54) is 6.26 Å². The fourth-order valence-corrected chi connectivity index (χ4v) is 4.31. The molecule has 1 aromatic carbocycles. The van der Waals surface area contributed by atoms with Gasteiger partial charge in [0.1, 0.15) is 0 Å². The standard InChI is InChI=1S/C17H23N3O3S/c1-12-17(14-7-3-4-8-15(14)18-12)16(21)11-20-9-5-6-13(10-20)19-24(2,22)23/h3-4,7-8,13,18-19H,5-6,9-11H2,1-2H3/t13-/m1/s1. The number of ketones is 1. The lowest BCUT2D eigenvalue weighted by atomic mass is 10.0. The molecule has 7 heteroatoms. The summed E-state index contributed by atoms with van der Waals surface area (Å²) in [7, 11) is -3.22. The number of carbonyl (C=O) groups excluding carboxylic acids is 1. The molecule has 0 saturated carbocycles. The molecule has 2 aromatic rings. The number of para-hydroxylation sites is 1. The van der Waals surface area contributed by atoms with Gasteiger partial charge in [0.25, 0.3) is 0 Å². The number of Topliss-reactive ketones (excluding diaryl/α,β-unsaturated/α-hetero) is 1. The predicted molar refractivity (Wildman–Crippen MR) is 94.8 cm³/mol. The normalized spacial score (nSPS) is 19.7. The number of piperidine rings is 1. The van der Waals surface area contributed by atoms with Crippen LogP contribution in [0.25, 0.3) is 10.9 Å². The van der Waals surface area contributed by atoms with E-state index in [1.54, 1.807) is 0 Å². The largest absolute Gasteiger partial charge is 0.358 e. The zero-order valence-corrected chi connectivity index (χ0v) is 14.8. The van der Waals surface area contributed by atoms with E-state index in [2.05, 4.69) is 9.71 Å². The minimum absolute atomic E-state index is 0.0740. The molecule has 6 nitrogen and oxygen atoms in total. The Kier molecular flexibility index (Phi) is 4.76. The van der Waals surface area contributed by atoms with Gasteiger partial charge in [0, 0.05) is 34.7 Å². The van der Waals surface area contributed by atoms with Crippen LogP contribution in [0.15, 0.2) is 24.3 Å². The Morgan fingerprint density at radius 2 is 2.12 bits per heavy atom. The highest BCUT2D eigenvalue weighted by atomic mass is 32.2. The highest BCUT2D eigenvalue weighted by molar-refractivity contribution is 7.88. The maximum absolute atomic E-state index is 12.8. The Morgan fingerprint density at radius 1 is 1.38 bits per heavy atom. The molecule has 130 valence electrons. The number of nitrogens with one attached hydrogen (secondary N) is 2. The summed E-state index contributed by atoms with van der Waals surface area (Å²) in [6.07, 6.45) is 2.86. The van der Waals surface area contributed by atoms with Gasteiger partial charge >= 0.3 is 0 Å². The molecule has 2 heterocycles. The second kappa shape index (κ2) is 6.66. The number of aryl methyl sites for hydroxylation is 1. The van der Waals surface area contributed by atoms with E-state index in [0.717, 1.165) is 41.5 Å². The molecule has 1 atom stereocenters. The van der Waals surface area contributed by atoms with E-state index < -0.39 is 10.0 Å². The SMILES string of the molecule is Cc1[nH]c2ccccc2c1C(=O)CN1CCC[C@@H](NS(C)(=O)=O)C1. The summed E-state index contributed by atoms with van der Waals surface area (Å²) in [6, 6.07) is 7.67. The summed E-state index contributed by atoms with van der Waals surface area (Å²) in [5.41, 5.74) is 2.58. The molecule has 1 aliphatic heterocycles. The van der Waals surface area contributed by atoms with Crippen LogP contribution in [0.5, 0.6) is 0 Å². The number of nitrogens with zero attached hydrogens (tertiary/aromatic N) is 1. The van der Waals surface area contributed by atoms with Crippen molar-refractivity contribution in [1.29, 1.82) is 0 Å². The minimum atomic E-state index is -3.22. The van der Waals surface area contributed by atoms with Crippen LogP contribution in [0, 0.1) is 6.92 Å². The number of sulfonamides is 1. The number of aromatic nitrogens is 1. The molecule has 0 aliphatic carbocycles. The molecular weight excluding hydrogens is 326 g/mol. The van der Waals surface area contributed by atoms with Crippen LogP contribution in [-0.4, -0.2) is 56.0 Å². The number of likely N-dealkylation sites (tertiary alicyclic amines) is 1. The van der Waals surface area contributed by atoms with Gasteiger partial charge in [-0.2, -0.15) is 0 Å². The molecule has 0 amide bonds. The summed E-state index contributed by atoms with van der Waals surface area (Å²) in [6.45, 7) is 3.61. The summed E-state index contributed by atoms with van der Waals surface area (Å²) >= 11 is 0. The van der Waals surface area contributed by atoms with Gasteiger partial charge in [-0.05, 0) is 32.4 Å². The van der Waals surface area contributed by atoms with Crippen LogP contribution >= 0.6 is 0 Å². The fraction of sp³-hybridized carbons (Fsp3) is 0.471. The molecule has 0 bridgehead atoms. The van der Waals surface area contributed by atoms with E-state index >= 15 is 0 Å². The number of fused-ring (bicyclic) bond motifs is 1. The Labute approximate surface area is 142 Å². The first-order chi connectivity index (χ1) is 11.3. The zero-order valence-electron chi connectivity index (χ0n) is 14.0. The number of H-pyrrole nitrogens is 1. The lowest BCUT2D eigenvalue weighted by Gasteiger charge is -2.32. The van der Waals surface area contributed by atoms with E-state index in [1.807, 2.05) is 36.1 Å². The molecule has 0 radical (unpaired) electrons. The maximum atomic E-state index is 12.8. The third-order valence-corrected chi connectivity index (χ3v) is 5.19. The molecule has 3 rings (SSSR count). The topological polar surface area (TPSA) is 82.3 Å². The Hall–Kier alpha value is -1.70. The second-order valence-corrected chi connectivity index (χ2v) is 8.34. The van der Waals surface area contributed by atoms with E-state index in [9.17, 15) is 13.2 Å². The first-order valence-corrected chi connectivity index (χ1v) is 10.0.